The molecule has 0 fully saturated rings. The first-order valence-corrected chi connectivity index (χ1v) is 17.1. The van der Waals surface area contributed by atoms with Crippen LogP contribution in [0, 0.1) is 0 Å². The molecular formula is C46H32N4O. The molecule has 242 valence electrons. The molecule has 4 aromatic carbocycles. The number of fused-ring (bicyclic) bond motifs is 8. The summed E-state index contributed by atoms with van der Waals surface area (Å²) in [4.78, 5) is 31.7. The van der Waals surface area contributed by atoms with Crippen molar-refractivity contribution in [3.05, 3.63) is 168 Å². The zero-order chi connectivity index (χ0) is 34.3. The number of carbonyl (C=O) groups is 1. The topological polar surface area (TPSA) is 74.4 Å². The summed E-state index contributed by atoms with van der Waals surface area (Å²) in [5, 5.41) is 0. The summed E-state index contributed by atoms with van der Waals surface area (Å²) >= 11 is 0. The van der Waals surface area contributed by atoms with Gasteiger partial charge in [0.15, 0.2) is 5.78 Å². The summed E-state index contributed by atoms with van der Waals surface area (Å²) < 4.78 is 0. The SMILES string of the molecule is CC(=O)c1cc2[nH]c1c(-c1ccccc1)c1nc(c(-c3ccccc3)c3ccc([nH]3)c(-c3ccccc3)c3nc(c2-c2ccccc2)C=C3)C=C1. The smallest absolute Gasteiger partial charge is 0.161 e. The van der Waals surface area contributed by atoms with E-state index in [0.717, 1.165) is 89.4 Å². The van der Waals surface area contributed by atoms with E-state index in [9.17, 15) is 4.79 Å². The van der Waals surface area contributed by atoms with Crippen molar-refractivity contribution < 1.29 is 4.79 Å². The lowest BCUT2D eigenvalue weighted by Crippen LogP contribution is -1.93. The maximum absolute atomic E-state index is 13.5. The van der Waals surface area contributed by atoms with Crippen molar-refractivity contribution in [2.24, 2.45) is 0 Å². The molecule has 51 heavy (non-hydrogen) atoms. The molecule has 0 saturated carbocycles. The number of nitrogens with one attached hydrogen (secondary N) is 2. The van der Waals surface area contributed by atoms with Gasteiger partial charge < -0.3 is 9.97 Å². The molecule has 5 nitrogen and oxygen atoms in total. The molecule has 5 heteroatoms. The van der Waals surface area contributed by atoms with Crippen LogP contribution in [0.15, 0.2) is 140 Å². The summed E-state index contributed by atoms with van der Waals surface area (Å²) in [6.45, 7) is 1.62. The Morgan fingerprint density at radius 1 is 0.431 bits per heavy atom. The Balaban J connectivity index is 1.53. The van der Waals surface area contributed by atoms with E-state index >= 15 is 0 Å². The fraction of sp³-hybridized carbons (Fsp3) is 0.0217. The minimum atomic E-state index is -0.0379. The molecule has 5 heterocycles. The average Bonchev–Trinajstić information content (AvgIpc) is 4.00. The van der Waals surface area contributed by atoms with Gasteiger partial charge in [-0.1, -0.05) is 121 Å². The molecule has 0 atom stereocenters. The number of carbonyl (C=O) groups excluding carboxylic acids is 1. The predicted molar refractivity (Wildman–Crippen MR) is 211 cm³/mol. The largest absolute Gasteiger partial charge is 0.354 e. The van der Waals surface area contributed by atoms with Crippen LogP contribution < -0.4 is 0 Å². The van der Waals surface area contributed by atoms with Gasteiger partial charge in [-0.05, 0) is 71.7 Å². The summed E-state index contributed by atoms with van der Waals surface area (Å²) in [5.41, 5.74) is 15.0. The number of Topliss-reactive ketones (excluding diaryl/α,β-unsaturated/α-hetero) is 1. The predicted octanol–water partition coefficient (Wildman–Crippen LogP) is 11.5. The lowest BCUT2D eigenvalue weighted by molar-refractivity contribution is 0.101. The number of ketones is 1. The van der Waals surface area contributed by atoms with Crippen molar-refractivity contribution in [1.82, 2.24) is 19.9 Å². The van der Waals surface area contributed by atoms with Crippen LogP contribution in [0.2, 0.25) is 0 Å². The molecule has 2 N–H and O–H groups in total. The molecule has 0 spiro atoms. The summed E-state index contributed by atoms with van der Waals surface area (Å²) in [6.07, 6.45) is 8.29. The molecule has 0 unspecified atom stereocenters. The van der Waals surface area contributed by atoms with Crippen molar-refractivity contribution in [3.8, 4) is 44.5 Å². The van der Waals surface area contributed by atoms with E-state index in [1.807, 2.05) is 66.7 Å². The monoisotopic (exact) mass is 656 g/mol. The van der Waals surface area contributed by atoms with E-state index in [1.54, 1.807) is 6.92 Å². The van der Waals surface area contributed by atoms with E-state index in [1.165, 1.54) is 0 Å². The lowest BCUT2D eigenvalue weighted by atomic mass is 10.0. The van der Waals surface area contributed by atoms with E-state index in [0.29, 0.717) is 5.56 Å². The van der Waals surface area contributed by atoms with E-state index in [2.05, 4.69) is 107 Å². The second-order valence-corrected chi connectivity index (χ2v) is 12.7. The van der Waals surface area contributed by atoms with Gasteiger partial charge in [0.05, 0.1) is 28.3 Å². The van der Waals surface area contributed by atoms with Crippen molar-refractivity contribution >= 4 is 52.2 Å². The molecule has 0 aliphatic carbocycles. The van der Waals surface area contributed by atoms with Crippen LogP contribution in [0.25, 0.3) is 90.9 Å². The highest BCUT2D eigenvalue weighted by atomic mass is 16.1. The Kier molecular flexibility index (Phi) is 7.44. The molecular weight excluding hydrogens is 625 g/mol. The number of rotatable bonds is 5. The van der Waals surface area contributed by atoms with Gasteiger partial charge in [0.1, 0.15) is 0 Å². The molecule has 0 saturated heterocycles. The quantitative estimate of drug-likeness (QED) is 0.181. The lowest BCUT2D eigenvalue weighted by Gasteiger charge is -2.07. The number of hydrogen-bond donors (Lipinski definition) is 2. The van der Waals surface area contributed by atoms with E-state index in [4.69, 9.17) is 9.97 Å². The van der Waals surface area contributed by atoms with Gasteiger partial charge in [-0.2, -0.15) is 0 Å². The first kappa shape index (κ1) is 30.2. The van der Waals surface area contributed by atoms with Crippen LogP contribution in [0.4, 0.5) is 0 Å². The molecule has 0 amide bonds. The second kappa shape index (κ2) is 12.6. The maximum atomic E-state index is 13.5. The number of hydrogen-bond acceptors (Lipinski definition) is 3. The number of H-pyrrole nitrogens is 2. The summed E-state index contributed by atoms with van der Waals surface area (Å²) in [7, 11) is 0. The Labute approximate surface area is 295 Å². The maximum Gasteiger partial charge on any atom is 0.161 e. The standard InChI is InChI=1S/C46H32N4O/c1-29(51)34-28-41-44(32-18-10-4-11-19-32)39-25-24-37(48-39)42(30-14-6-2-7-15-30)35-22-23-36(47-35)43(31-16-8-3-9-17-31)38-26-27-40(49-38)45(46(34)50-41)33-20-12-5-13-21-33/h2-28,47,50H,1H3. The van der Waals surface area contributed by atoms with Crippen LogP contribution in [0.5, 0.6) is 0 Å². The molecule has 7 aromatic rings. The number of aromatic nitrogens is 4. The first-order chi connectivity index (χ1) is 25.1. The fourth-order valence-corrected chi connectivity index (χ4v) is 7.20. The summed E-state index contributed by atoms with van der Waals surface area (Å²) in [6, 6.07) is 47.4. The van der Waals surface area contributed by atoms with Gasteiger partial charge in [0.25, 0.3) is 0 Å². The van der Waals surface area contributed by atoms with Gasteiger partial charge in [-0.25, -0.2) is 9.97 Å². The molecule has 2 aliphatic heterocycles. The first-order valence-electron chi connectivity index (χ1n) is 17.1. The third kappa shape index (κ3) is 5.42. The van der Waals surface area contributed by atoms with Crippen molar-refractivity contribution in [2.45, 2.75) is 6.92 Å². The van der Waals surface area contributed by atoms with E-state index < -0.39 is 0 Å². The van der Waals surface area contributed by atoms with Crippen LogP contribution in [-0.2, 0) is 0 Å². The highest BCUT2D eigenvalue weighted by Gasteiger charge is 2.21. The molecule has 3 aromatic heterocycles. The number of nitrogens with zero attached hydrogens (tertiary/aromatic N) is 2. The number of benzene rings is 4. The van der Waals surface area contributed by atoms with Gasteiger partial charge in [0, 0.05) is 44.4 Å². The minimum Gasteiger partial charge on any atom is -0.354 e. The van der Waals surface area contributed by atoms with Crippen molar-refractivity contribution in [3.63, 3.8) is 0 Å². The summed E-state index contributed by atoms with van der Waals surface area (Å²) in [5.74, 6) is -0.0379. The van der Waals surface area contributed by atoms with Gasteiger partial charge >= 0.3 is 0 Å². The van der Waals surface area contributed by atoms with E-state index in [-0.39, 0.29) is 5.78 Å². The third-order valence-corrected chi connectivity index (χ3v) is 9.50. The fourth-order valence-electron chi connectivity index (χ4n) is 7.20. The average molecular weight is 657 g/mol. The van der Waals surface area contributed by atoms with Gasteiger partial charge in [-0.15, -0.1) is 0 Å². The highest BCUT2D eigenvalue weighted by Crippen LogP contribution is 2.39. The van der Waals surface area contributed by atoms with Gasteiger partial charge in [0.2, 0.25) is 0 Å². The van der Waals surface area contributed by atoms with Gasteiger partial charge in [-0.3, -0.25) is 4.79 Å². The third-order valence-electron chi connectivity index (χ3n) is 9.50. The van der Waals surface area contributed by atoms with Crippen LogP contribution >= 0.6 is 0 Å². The normalized spacial score (nSPS) is 11.9. The molecule has 0 radical (unpaired) electrons. The Morgan fingerprint density at radius 2 is 0.784 bits per heavy atom. The van der Waals surface area contributed by atoms with Crippen LogP contribution in [0.3, 0.4) is 0 Å². The zero-order valence-electron chi connectivity index (χ0n) is 27.9. The Morgan fingerprint density at radius 3 is 1.18 bits per heavy atom. The zero-order valence-corrected chi connectivity index (χ0v) is 27.9. The van der Waals surface area contributed by atoms with Crippen LogP contribution in [-0.4, -0.2) is 25.7 Å². The van der Waals surface area contributed by atoms with Crippen molar-refractivity contribution in [1.29, 1.82) is 0 Å². The second-order valence-electron chi connectivity index (χ2n) is 12.7. The Bertz CT molecular complexity index is 2690. The minimum absolute atomic E-state index is 0.0379. The molecule has 2 aliphatic rings. The molecule has 9 rings (SSSR count). The van der Waals surface area contributed by atoms with Crippen LogP contribution in [0.1, 0.15) is 40.1 Å². The molecule has 8 bridgehead atoms. The number of aromatic amines is 2. The Hall–Kier alpha value is -6.85. The highest BCUT2D eigenvalue weighted by molar-refractivity contribution is 6.09. The van der Waals surface area contributed by atoms with Crippen molar-refractivity contribution in [2.75, 3.05) is 0 Å².